The van der Waals surface area contributed by atoms with Gasteiger partial charge in [0.2, 0.25) is 0 Å². The van der Waals surface area contributed by atoms with E-state index >= 15 is 0 Å². The van der Waals surface area contributed by atoms with Crippen molar-refractivity contribution in [3.8, 4) is 5.75 Å². The molecule has 0 atom stereocenters. The molecular formula is C14H13Cl2NO. The summed E-state index contributed by atoms with van der Waals surface area (Å²) in [6.07, 6.45) is 0. The number of anilines is 1. The van der Waals surface area contributed by atoms with Gasteiger partial charge in [-0.2, -0.15) is 0 Å². The van der Waals surface area contributed by atoms with Crippen LogP contribution >= 0.6 is 23.2 Å². The van der Waals surface area contributed by atoms with Gasteiger partial charge in [0.05, 0.1) is 5.02 Å². The summed E-state index contributed by atoms with van der Waals surface area (Å²) in [4.78, 5) is 0. The highest BCUT2D eigenvalue weighted by atomic mass is 35.5. The highest BCUT2D eigenvalue weighted by molar-refractivity contribution is 6.32. The van der Waals surface area contributed by atoms with Gasteiger partial charge in [-0.15, -0.1) is 0 Å². The van der Waals surface area contributed by atoms with E-state index in [1.807, 2.05) is 31.2 Å². The standard InChI is InChI=1S/C14H13Cl2NO/c1-9-2-4-11(7-12(9)15)17-8-10-3-5-14(18)13(16)6-10/h2-7,17-18H,8H2,1H3. The number of nitrogens with one attached hydrogen (secondary N) is 1. The number of benzene rings is 2. The van der Waals surface area contributed by atoms with Crippen LogP contribution in [0.5, 0.6) is 5.75 Å². The van der Waals surface area contributed by atoms with Crippen molar-refractivity contribution in [2.75, 3.05) is 5.32 Å². The van der Waals surface area contributed by atoms with Crippen LogP contribution in [0.15, 0.2) is 36.4 Å². The van der Waals surface area contributed by atoms with Crippen LogP contribution in [-0.2, 0) is 6.54 Å². The van der Waals surface area contributed by atoms with E-state index in [1.54, 1.807) is 12.1 Å². The maximum atomic E-state index is 9.33. The topological polar surface area (TPSA) is 32.3 Å². The van der Waals surface area contributed by atoms with Gasteiger partial charge < -0.3 is 10.4 Å². The molecular weight excluding hydrogens is 269 g/mol. The van der Waals surface area contributed by atoms with Gasteiger partial charge in [-0.05, 0) is 42.3 Å². The van der Waals surface area contributed by atoms with E-state index in [-0.39, 0.29) is 5.75 Å². The Kier molecular flexibility index (Phi) is 4.00. The Bertz CT molecular complexity index is 518. The van der Waals surface area contributed by atoms with E-state index in [2.05, 4.69) is 5.32 Å². The third-order valence-electron chi connectivity index (χ3n) is 2.68. The Hall–Kier alpha value is -1.38. The van der Waals surface area contributed by atoms with Gasteiger partial charge in [-0.25, -0.2) is 0 Å². The highest BCUT2D eigenvalue weighted by Gasteiger charge is 2.01. The van der Waals surface area contributed by atoms with Gasteiger partial charge >= 0.3 is 0 Å². The molecule has 0 heterocycles. The summed E-state index contributed by atoms with van der Waals surface area (Å²) in [6.45, 7) is 2.59. The molecule has 2 aromatic rings. The molecule has 94 valence electrons. The molecule has 0 saturated carbocycles. The van der Waals surface area contributed by atoms with Gasteiger partial charge in [0.15, 0.2) is 0 Å². The third-order valence-corrected chi connectivity index (χ3v) is 3.39. The van der Waals surface area contributed by atoms with Gasteiger partial charge in [0, 0.05) is 17.3 Å². The van der Waals surface area contributed by atoms with Crippen LogP contribution < -0.4 is 5.32 Å². The van der Waals surface area contributed by atoms with Crippen LogP contribution in [0.3, 0.4) is 0 Å². The minimum absolute atomic E-state index is 0.0961. The number of aromatic hydroxyl groups is 1. The Labute approximate surface area is 116 Å². The molecule has 18 heavy (non-hydrogen) atoms. The Balaban J connectivity index is 2.06. The molecule has 0 amide bonds. The van der Waals surface area contributed by atoms with Crippen molar-refractivity contribution in [3.63, 3.8) is 0 Å². The summed E-state index contributed by atoms with van der Waals surface area (Å²) in [5, 5.41) is 13.7. The van der Waals surface area contributed by atoms with Crippen molar-refractivity contribution < 1.29 is 5.11 Å². The minimum Gasteiger partial charge on any atom is -0.506 e. The summed E-state index contributed by atoms with van der Waals surface area (Å²) < 4.78 is 0. The molecule has 0 aliphatic rings. The first-order chi connectivity index (χ1) is 8.56. The molecule has 4 heteroatoms. The molecule has 0 fully saturated rings. The van der Waals surface area contributed by atoms with Crippen molar-refractivity contribution in [2.45, 2.75) is 13.5 Å². The maximum Gasteiger partial charge on any atom is 0.134 e. The fraction of sp³-hybridized carbons (Fsp3) is 0.143. The largest absolute Gasteiger partial charge is 0.506 e. The van der Waals surface area contributed by atoms with Crippen LogP contribution in [0, 0.1) is 6.92 Å². The average Bonchev–Trinajstić information content (AvgIpc) is 2.35. The number of rotatable bonds is 3. The summed E-state index contributed by atoms with van der Waals surface area (Å²) in [7, 11) is 0. The molecule has 0 radical (unpaired) electrons. The van der Waals surface area contributed by atoms with Crippen molar-refractivity contribution in [1.29, 1.82) is 0 Å². The molecule has 0 spiro atoms. The zero-order chi connectivity index (χ0) is 13.1. The molecule has 2 aromatic carbocycles. The summed E-state index contributed by atoms with van der Waals surface area (Å²) in [5.74, 6) is 0.0961. The predicted molar refractivity (Wildman–Crippen MR) is 76.6 cm³/mol. The second-order valence-electron chi connectivity index (χ2n) is 4.10. The zero-order valence-electron chi connectivity index (χ0n) is 9.87. The quantitative estimate of drug-likeness (QED) is 0.861. The van der Waals surface area contributed by atoms with Crippen LogP contribution in [-0.4, -0.2) is 5.11 Å². The second-order valence-corrected chi connectivity index (χ2v) is 4.92. The van der Waals surface area contributed by atoms with Crippen LogP contribution in [0.1, 0.15) is 11.1 Å². The average molecular weight is 282 g/mol. The number of halogens is 2. The molecule has 0 aliphatic carbocycles. The fourth-order valence-electron chi connectivity index (χ4n) is 1.57. The number of phenols is 1. The van der Waals surface area contributed by atoms with E-state index in [4.69, 9.17) is 23.2 Å². The molecule has 0 saturated heterocycles. The zero-order valence-corrected chi connectivity index (χ0v) is 11.4. The summed E-state index contributed by atoms with van der Waals surface area (Å²) in [5.41, 5.74) is 3.00. The first kappa shape index (κ1) is 13.1. The SMILES string of the molecule is Cc1ccc(NCc2ccc(O)c(Cl)c2)cc1Cl. The smallest absolute Gasteiger partial charge is 0.134 e. The number of phenolic OH excluding ortho intramolecular Hbond substituents is 1. The molecule has 0 aliphatic heterocycles. The van der Waals surface area contributed by atoms with Crippen molar-refractivity contribution in [2.24, 2.45) is 0 Å². The molecule has 0 unspecified atom stereocenters. The second kappa shape index (κ2) is 5.51. The summed E-state index contributed by atoms with van der Waals surface area (Å²) >= 11 is 11.9. The van der Waals surface area contributed by atoms with Gasteiger partial charge in [0.25, 0.3) is 0 Å². The molecule has 2 N–H and O–H groups in total. The molecule has 2 rings (SSSR count). The number of hydrogen-bond acceptors (Lipinski definition) is 2. The summed E-state index contributed by atoms with van der Waals surface area (Å²) in [6, 6.07) is 11.0. The number of hydrogen-bond donors (Lipinski definition) is 2. The van der Waals surface area contributed by atoms with Gasteiger partial charge in [-0.1, -0.05) is 35.3 Å². The van der Waals surface area contributed by atoms with E-state index < -0.39 is 0 Å². The lowest BCUT2D eigenvalue weighted by molar-refractivity contribution is 0.475. The normalized spacial score (nSPS) is 10.4. The van der Waals surface area contributed by atoms with Gasteiger partial charge in [-0.3, -0.25) is 0 Å². The van der Waals surface area contributed by atoms with E-state index in [0.29, 0.717) is 11.6 Å². The first-order valence-corrected chi connectivity index (χ1v) is 6.29. The van der Waals surface area contributed by atoms with Crippen molar-refractivity contribution in [3.05, 3.63) is 57.6 Å². The van der Waals surface area contributed by atoms with Gasteiger partial charge in [0.1, 0.15) is 5.75 Å². The Morgan fingerprint density at radius 2 is 1.83 bits per heavy atom. The van der Waals surface area contributed by atoms with E-state index in [9.17, 15) is 5.11 Å². The Morgan fingerprint density at radius 1 is 1.06 bits per heavy atom. The minimum atomic E-state index is 0.0961. The predicted octanol–water partition coefficient (Wildman–Crippen LogP) is 4.62. The third kappa shape index (κ3) is 3.09. The Morgan fingerprint density at radius 3 is 2.50 bits per heavy atom. The van der Waals surface area contributed by atoms with E-state index in [0.717, 1.165) is 21.8 Å². The lowest BCUT2D eigenvalue weighted by Crippen LogP contribution is -1.99. The van der Waals surface area contributed by atoms with Crippen molar-refractivity contribution in [1.82, 2.24) is 0 Å². The lowest BCUT2D eigenvalue weighted by Gasteiger charge is -2.08. The number of aryl methyl sites for hydroxylation is 1. The molecule has 2 nitrogen and oxygen atoms in total. The van der Waals surface area contributed by atoms with Crippen molar-refractivity contribution >= 4 is 28.9 Å². The maximum absolute atomic E-state index is 9.33. The van der Waals surface area contributed by atoms with Crippen LogP contribution in [0.25, 0.3) is 0 Å². The molecule has 0 aromatic heterocycles. The van der Waals surface area contributed by atoms with Crippen LogP contribution in [0.4, 0.5) is 5.69 Å². The molecule has 0 bridgehead atoms. The lowest BCUT2D eigenvalue weighted by atomic mass is 10.2. The monoisotopic (exact) mass is 281 g/mol. The first-order valence-electron chi connectivity index (χ1n) is 5.53. The highest BCUT2D eigenvalue weighted by Crippen LogP contribution is 2.25. The van der Waals surface area contributed by atoms with E-state index in [1.165, 1.54) is 0 Å². The fourth-order valence-corrected chi connectivity index (χ4v) is 1.95. The van der Waals surface area contributed by atoms with Crippen LogP contribution in [0.2, 0.25) is 10.0 Å².